The van der Waals surface area contributed by atoms with Crippen LogP contribution in [0.2, 0.25) is 5.28 Å². The Morgan fingerprint density at radius 1 is 1.06 bits per heavy atom. The van der Waals surface area contributed by atoms with Crippen LogP contribution in [-0.4, -0.2) is 43.3 Å². The van der Waals surface area contributed by atoms with E-state index in [0.717, 1.165) is 10.5 Å². The molecule has 1 aliphatic rings. The summed E-state index contributed by atoms with van der Waals surface area (Å²) in [7, 11) is 0. The number of nitrogens with one attached hydrogen (secondary N) is 1. The van der Waals surface area contributed by atoms with Crippen molar-refractivity contribution in [1.82, 2.24) is 14.9 Å². The Morgan fingerprint density at radius 3 is 2.25 bits per heavy atom. The van der Waals surface area contributed by atoms with Crippen molar-refractivity contribution in [3.05, 3.63) is 88.3 Å². The molecule has 8 nitrogen and oxygen atoms in total. The number of carbonyl (C=O) groups excluding carboxylic acids is 2. The fourth-order valence-corrected chi connectivity index (χ4v) is 3.73. The van der Waals surface area contributed by atoms with E-state index in [0.29, 0.717) is 16.7 Å². The minimum absolute atomic E-state index is 0.0916. The molecule has 1 unspecified atom stereocenters. The number of rotatable bonds is 7. The molecule has 162 valence electrons. The second kappa shape index (κ2) is 8.39. The zero-order valence-corrected chi connectivity index (χ0v) is 17.8. The van der Waals surface area contributed by atoms with Crippen LogP contribution in [0.15, 0.2) is 60.8 Å². The number of amides is 2. The molecule has 0 bridgehead atoms. The summed E-state index contributed by atoms with van der Waals surface area (Å²) in [6.45, 7) is 1.40. The Morgan fingerprint density at radius 2 is 1.66 bits per heavy atom. The van der Waals surface area contributed by atoms with Crippen molar-refractivity contribution in [2.45, 2.75) is 25.4 Å². The second-order valence-corrected chi connectivity index (χ2v) is 8.02. The van der Waals surface area contributed by atoms with Crippen LogP contribution in [-0.2, 0) is 17.8 Å². The molecule has 32 heavy (non-hydrogen) atoms. The van der Waals surface area contributed by atoms with E-state index in [-0.39, 0.29) is 24.1 Å². The molecule has 0 fully saturated rings. The summed E-state index contributed by atoms with van der Waals surface area (Å²) >= 11 is 5.98. The predicted molar refractivity (Wildman–Crippen MR) is 117 cm³/mol. The molecule has 3 aromatic rings. The van der Waals surface area contributed by atoms with Crippen LogP contribution in [0.25, 0.3) is 0 Å². The highest BCUT2D eigenvalue weighted by Crippen LogP contribution is 2.28. The molecule has 0 radical (unpaired) electrons. The van der Waals surface area contributed by atoms with Crippen molar-refractivity contribution in [2.24, 2.45) is 0 Å². The maximum atomic E-state index is 12.7. The zero-order valence-electron chi connectivity index (χ0n) is 17.1. The number of fused-ring (bicyclic) bond motifs is 1. The molecule has 1 aliphatic heterocycles. The lowest BCUT2D eigenvalue weighted by molar-refractivity contribution is -0.141. The van der Waals surface area contributed by atoms with Crippen LogP contribution in [0.4, 0.5) is 5.82 Å². The highest BCUT2D eigenvalue weighted by Gasteiger charge is 2.37. The van der Waals surface area contributed by atoms with Crippen LogP contribution in [0, 0.1) is 0 Å². The van der Waals surface area contributed by atoms with Gasteiger partial charge in [0.05, 0.1) is 17.7 Å². The Kier molecular flexibility index (Phi) is 5.63. The molecule has 2 amide bonds. The van der Waals surface area contributed by atoms with Crippen LogP contribution < -0.4 is 5.32 Å². The van der Waals surface area contributed by atoms with E-state index >= 15 is 0 Å². The highest BCUT2D eigenvalue weighted by molar-refractivity contribution is 6.28. The summed E-state index contributed by atoms with van der Waals surface area (Å²) in [5, 5.41) is 12.8. The minimum atomic E-state index is -1.43. The quantitative estimate of drug-likeness (QED) is 0.419. The Balaban J connectivity index is 1.65. The van der Waals surface area contributed by atoms with E-state index in [2.05, 4.69) is 15.3 Å². The number of carboxylic acids is 1. The van der Waals surface area contributed by atoms with E-state index < -0.39 is 23.3 Å². The molecule has 1 aromatic heterocycles. The third kappa shape index (κ3) is 4.04. The third-order valence-electron chi connectivity index (χ3n) is 5.31. The maximum absolute atomic E-state index is 12.7. The monoisotopic (exact) mass is 450 g/mol. The van der Waals surface area contributed by atoms with Gasteiger partial charge >= 0.3 is 5.97 Å². The topological polar surface area (TPSA) is 112 Å². The van der Waals surface area contributed by atoms with Gasteiger partial charge in [-0.3, -0.25) is 14.5 Å². The first kappa shape index (κ1) is 21.5. The first-order chi connectivity index (χ1) is 15.3. The number of imide groups is 1. The number of hydrogen-bond acceptors (Lipinski definition) is 6. The smallest absolute Gasteiger partial charge is 0.329 e. The molecular weight excluding hydrogens is 432 g/mol. The molecule has 2 heterocycles. The molecule has 2 aromatic carbocycles. The number of nitrogens with zero attached hydrogens (tertiary/aromatic N) is 3. The van der Waals surface area contributed by atoms with Crippen molar-refractivity contribution >= 4 is 35.2 Å². The van der Waals surface area contributed by atoms with Crippen LogP contribution in [0.1, 0.15) is 38.8 Å². The van der Waals surface area contributed by atoms with Crippen molar-refractivity contribution < 1.29 is 19.5 Å². The summed E-state index contributed by atoms with van der Waals surface area (Å²) in [6.07, 6.45) is 1.54. The van der Waals surface area contributed by atoms with Crippen LogP contribution in [0.3, 0.4) is 0 Å². The molecule has 9 heteroatoms. The molecule has 0 spiro atoms. The Bertz CT molecular complexity index is 1180. The standard InChI is InChI=1S/C23H19ClN4O4/c1-23(21(31)32,11-14-7-3-2-4-8-14)27-18-15(12-25-22(24)26-18)13-28-19(29)16-9-5-6-10-17(16)20(28)30/h2-10,12H,11,13H2,1H3,(H,31,32)(H,25,26,27). The second-order valence-electron chi connectivity index (χ2n) is 7.68. The fraction of sp³-hybridized carbons (Fsp3) is 0.174. The summed E-state index contributed by atoms with van der Waals surface area (Å²) in [6, 6.07) is 15.7. The van der Waals surface area contributed by atoms with E-state index in [1.165, 1.54) is 13.1 Å². The number of aromatic nitrogens is 2. The number of carboxylic acid groups (broad SMARTS) is 1. The molecule has 1 atom stereocenters. The lowest BCUT2D eigenvalue weighted by Gasteiger charge is -2.28. The van der Waals surface area contributed by atoms with E-state index in [9.17, 15) is 19.5 Å². The molecule has 2 N–H and O–H groups in total. The molecule has 4 rings (SSSR count). The van der Waals surface area contributed by atoms with Crippen molar-refractivity contribution in [3.8, 4) is 0 Å². The van der Waals surface area contributed by atoms with Gasteiger partial charge in [0.15, 0.2) is 0 Å². The fourth-order valence-electron chi connectivity index (χ4n) is 3.60. The van der Waals surface area contributed by atoms with Gasteiger partial charge in [0.2, 0.25) is 5.28 Å². The van der Waals surface area contributed by atoms with Gasteiger partial charge in [-0.2, -0.15) is 0 Å². The Hall–Kier alpha value is -3.78. The molecule has 0 saturated heterocycles. The van der Waals surface area contributed by atoms with Crippen LogP contribution in [0.5, 0.6) is 0 Å². The number of anilines is 1. The first-order valence-electron chi connectivity index (χ1n) is 9.80. The van der Waals surface area contributed by atoms with E-state index in [4.69, 9.17) is 11.6 Å². The van der Waals surface area contributed by atoms with Crippen molar-refractivity contribution in [2.75, 3.05) is 5.32 Å². The number of benzene rings is 2. The van der Waals surface area contributed by atoms with E-state index in [1.807, 2.05) is 30.3 Å². The lowest BCUT2D eigenvalue weighted by Crippen LogP contribution is -2.46. The summed E-state index contributed by atoms with van der Waals surface area (Å²) in [4.78, 5) is 46.9. The number of halogens is 1. The highest BCUT2D eigenvalue weighted by atomic mass is 35.5. The normalized spacial score (nSPS) is 14.8. The SMILES string of the molecule is CC(Cc1ccccc1)(Nc1nc(Cl)ncc1CN1C(=O)c2ccccc2C1=O)C(=O)O. The van der Waals surface area contributed by atoms with Crippen molar-refractivity contribution in [3.63, 3.8) is 0 Å². The summed E-state index contributed by atoms with van der Waals surface area (Å²) < 4.78 is 0. The molecule has 0 aliphatic carbocycles. The van der Waals surface area contributed by atoms with Crippen molar-refractivity contribution in [1.29, 1.82) is 0 Å². The molecular formula is C23H19ClN4O4. The molecule has 0 saturated carbocycles. The third-order valence-corrected chi connectivity index (χ3v) is 5.49. The van der Waals surface area contributed by atoms with Gasteiger partial charge in [-0.15, -0.1) is 0 Å². The summed E-state index contributed by atoms with van der Waals surface area (Å²) in [5.41, 5.74) is 0.384. The van der Waals surface area contributed by atoms with E-state index in [1.54, 1.807) is 24.3 Å². The number of aliphatic carboxylic acids is 1. The van der Waals surface area contributed by atoms with Gasteiger partial charge < -0.3 is 10.4 Å². The predicted octanol–water partition coefficient (Wildman–Crippen LogP) is 3.42. The van der Waals surface area contributed by atoms with Gasteiger partial charge in [0.1, 0.15) is 11.4 Å². The van der Waals surface area contributed by atoms with Gasteiger partial charge in [-0.1, -0.05) is 42.5 Å². The largest absolute Gasteiger partial charge is 0.480 e. The average Bonchev–Trinajstić information content (AvgIpc) is 3.01. The van der Waals surface area contributed by atoms with Gasteiger partial charge in [-0.25, -0.2) is 14.8 Å². The Labute approximate surface area is 188 Å². The maximum Gasteiger partial charge on any atom is 0.329 e. The van der Waals surface area contributed by atoms with Gasteiger partial charge in [-0.05, 0) is 36.2 Å². The summed E-state index contributed by atoms with van der Waals surface area (Å²) in [5.74, 6) is -1.82. The number of carbonyl (C=O) groups is 3. The van der Waals surface area contributed by atoms with Crippen LogP contribution >= 0.6 is 11.6 Å². The first-order valence-corrected chi connectivity index (χ1v) is 10.2. The number of hydrogen-bond donors (Lipinski definition) is 2. The lowest BCUT2D eigenvalue weighted by atomic mass is 9.92. The zero-order chi connectivity index (χ0) is 22.9. The van der Waals surface area contributed by atoms with Gasteiger partial charge in [0, 0.05) is 18.2 Å². The van der Waals surface area contributed by atoms with Gasteiger partial charge in [0.25, 0.3) is 11.8 Å². The average molecular weight is 451 g/mol. The minimum Gasteiger partial charge on any atom is -0.480 e.